The first-order valence-corrected chi connectivity index (χ1v) is 9.05. The molecular formula is C20H17NO6S. The Bertz CT molecular complexity index is 984. The van der Waals surface area contributed by atoms with Crippen LogP contribution in [0.4, 0.5) is 4.79 Å². The zero-order valence-corrected chi connectivity index (χ0v) is 16.0. The van der Waals surface area contributed by atoms with Crippen molar-refractivity contribution in [1.29, 1.82) is 0 Å². The van der Waals surface area contributed by atoms with Crippen LogP contribution in [-0.4, -0.2) is 41.3 Å². The Hall–Kier alpha value is -3.26. The molecule has 1 fully saturated rings. The number of imide groups is 1. The minimum atomic E-state index is -1.000. The van der Waals surface area contributed by atoms with Crippen LogP contribution in [-0.2, 0) is 11.4 Å². The molecule has 0 bridgehead atoms. The number of benzene rings is 2. The van der Waals surface area contributed by atoms with Gasteiger partial charge in [-0.15, -0.1) is 0 Å². The SMILES string of the molecule is COc1cc(/C=C2\SC(=O)N(C)C2=O)ccc1OCc1cccc(C(=O)O)c1. The van der Waals surface area contributed by atoms with Crippen LogP contribution < -0.4 is 9.47 Å². The largest absolute Gasteiger partial charge is 0.493 e. The number of hydrogen-bond donors (Lipinski definition) is 1. The van der Waals surface area contributed by atoms with Crippen molar-refractivity contribution in [2.45, 2.75) is 6.61 Å². The fourth-order valence-corrected chi connectivity index (χ4v) is 3.37. The Morgan fingerprint density at radius 2 is 1.96 bits per heavy atom. The fourth-order valence-electron chi connectivity index (χ4n) is 2.55. The number of carbonyl (C=O) groups excluding carboxylic acids is 2. The monoisotopic (exact) mass is 399 g/mol. The summed E-state index contributed by atoms with van der Waals surface area (Å²) in [5, 5.41) is 8.75. The van der Waals surface area contributed by atoms with Gasteiger partial charge in [0, 0.05) is 7.05 Å². The maximum absolute atomic E-state index is 12.0. The summed E-state index contributed by atoms with van der Waals surface area (Å²) in [5.41, 5.74) is 1.59. The molecule has 0 saturated carbocycles. The molecule has 2 amide bonds. The van der Waals surface area contributed by atoms with E-state index in [0.29, 0.717) is 27.5 Å². The van der Waals surface area contributed by atoms with Crippen LogP contribution in [0.25, 0.3) is 6.08 Å². The summed E-state index contributed by atoms with van der Waals surface area (Å²) in [6, 6.07) is 11.6. The van der Waals surface area contributed by atoms with Crippen molar-refractivity contribution in [3.8, 4) is 11.5 Å². The molecule has 0 radical (unpaired) electrons. The third-order valence-electron chi connectivity index (χ3n) is 4.04. The lowest BCUT2D eigenvalue weighted by Crippen LogP contribution is -2.22. The van der Waals surface area contributed by atoms with E-state index in [4.69, 9.17) is 14.6 Å². The molecule has 0 aromatic heterocycles. The van der Waals surface area contributed by atoms with Gasteiger partial charge in [-0.2, -0.15) is 0 Å². The lowest BCUT2D eigenvalue weighted by Gasteiger charge is -2.12. The molecule has 3 rings (SSSR count). The Labute approximate surface area is 165 Å². The van der Waals surface area contributed by atoms with Gasteiger partial charge in [-0.3, -0.25) is 14.5 Å². The highest BCUT2D eigenvalue weighted by atomic mass is 32.2. The highest BCUT2D eigenvalue weighted by molar-refractivity contribution is 8.18. The fraction of sp³-hybridized carbons (Fsp3) is 0.150. The molecule has 28 heavy (non-hydrogen) atoms. The van der Waals surface area contributed by atoms with Gasteiger partial charge in [-0.05, 0) is 53.2 Å². The smallest absolute Gasteiger partial charge is 0.335 e. The number of thioether (sulfide) groups is 1. The zero-order valence-electron chi connectivity index (χ0n) is 15.2. The Kier molecular flexibility index (Phi) is 5.70. The van der Waals surface area contributed by atoms with Crippen LogP contribution in [0.2, 0.25) is 0 Å². The van der Waals surface area contributed by atoms with E-state index in [1.54, 1.807) is 42.5 Å². The molecule has 144 valence electrons. The standard InChI is InChI=1S/C20H17NO6S/c1-21-18(22)17(28-20(21)25)10-12-6-7-15(16(9-12)26-2)27-11-13-4-3-5-14(8-13)19(23)24/h3-10H,11H2,1-2H3,(H,23,24)/b17-10-. The maximum atomic E-state index is 12.0. The molecule has 1 N–H and O–H groups in total. The van der Waals surface area contributed by atoms with Crippen molar-refractivity contribution < 1.29 is 29.0 Å². The number of carbonyl (C=O) groups is 3. The number of aromatic carboxylic acids is 1. The Morgan fingerprint density at radius 1 is 1.18 bits per heavy atom. The second-order valence-corrected chi connectivity index (χ2v) is 6.94. The van der Waals surface area contributed by atoms with Gasteiger partial charge in [0.25, 0.3) is 11.1 Å². The zero-order chi connectivity index (χ0) is 20.3. The number of hydrogen-bond acceptors (Lipinski definition) is 6. The molecule has 1 aliphatic rings. The number of nitrogens with zero attached hydrogens (tertiary/aromatic N) is 1. The van der Waals surface area contributed by atoms with E-state index < -0.39 is 5.97 Å². The third kappa shape index (κ3) is 4.17. The average molecular weight is 399 g/mol. The average Bonchev–Trinajstić information content (AvgIpc) is 2.93. The lowest BCUT2D eigenvalue weighted by molar-refractivity contribution is -0.121. The first-order chi connectivity index (χ1) is 13.4. The molecule has 0 atom stereocenters. The van der Waals surface area contributed by atoms with Crippen LogP contribution >= 0.6 is 11.8 Å². The van der Waals surface area contributed by atoms with E-state index in [1.165, 1.54) is 20.2 Å². The minimum Gasteiger partial charge on any atom is -0.493 e. The van der Waals surface area contributed by atoms with E-state index in [2.05, 4.69) is 0 Å². The minimum absolute atomic E-state index is 0.172. The summed E-state index contributed by atoms with van der Waals surface area (Å²) >= 11 is 0.884. The molecule has 0 aliphatic carbocycles. The maximum Gasteiger partial charge on any atom is 0.335 e. The summed E-state index contributed by atoms with van der Waals surface area (Å²) in [4.78, 5) is 36.1. The van der Waals surface area contributed by atoms with Gasteiger partial charge in [0.1, 0.15) is 6.61 Å². The molecule has 0 spiro atoms. The lowest BCUT2D eigenvalue weighted by atomic mass is 10.1. The molecule has 8 heteroatoms. The molecule has 0 unspecified atom stereocenters. The summed E-state index contributed by atoms with van der Waals surface area (Å²) < 4.78 is 11.1. The molecule has 1 aliphatic heterocycles. The highest BCUT2D eigenvalue weighted by Gasteiger charge is 2.31. The van der Waals surface area contributed by atoms with E-state index in [0.717, 1.165) is 16.7 Å². The van der Waals surface area contributed by atoms with Crippen molar-refractivity contribution in [3.05, 3.63) is 64.1 Å². The van der Waals surface area contributed by atoms with Gasteiger partial charge in [-0.25, -0.2) is 4.79 Å². The molecular weight excluding hydrogens is 382 g/mol. The number of methoxy groups -OCH3 is 1. The predicted octanol–water partition coefficient (Wildman–Crippen LogP) is 3.64. The molecule has 1 saturated heterocycles. The van der Waals surface area contributed by atoms with Crippen molar-refractivity contribution >= 4 is 35.0 Å². The van der Waals surface area contributed by atoms with E-state index in [1.807, 2.05) is 0 Å². The number of rotatable bonds is 6. The number of amides is 2. The topological polar surface area (TPSA) is 93.1 Å². The van der Waals surface area contributed by atoms with Crippen molar-refractivity contribution in [2.75, 3.05) is 14.2 Å². The summed E-state index contributed by atoms with van der Waals surface area (Å²) in [6.45, 7) is 0.172. The van der Waals surface area contributed by atoms with E-state index >= 15 is 0 Å². The second-order valence-electron chi connectivity index (χ2n) is 5.95. The van der Waals surface area contributed by atoms with Crippen LogP contribution in [0, 0.1) is 0 Å². The molecule has 2 aromatic rings. The van der Waals surface area contributed by atoms with E-state index in [9.17, 15) is 14.4 Å². The van der Waals surface area contributed by atoms with Crippen molar-refractivity contribution in [3.63, 3.8) is 0 Å². The quantitative estimate of drug-likeness (QED) is 0.741. The highest BCUT2D eigenvalue weighted by Crippen LogP contribution is 2.34. The predicted molar refractivity (Wildman–Crippen MR) is 104 cm³/mol. The molecule has 7 nitrogen and oxygen atoms in total. The first-order valence-electron chi connectivity index (χ1n) is 8.23. The van der Waals surface area contributed by atoms with Gasteiger partial charge in [-0.1, -0.05) is 18.2 Å². The number of likely N-dealkylation sites (N-methyl/N-ethyl adjacent to an activating group) is 1. The van der Waals surface area contributed by atoms with Gasteiger partial charge in [0.2, 0.25) is 0 Å². The van der Waals surface area contributed by atoms with Crippen molar-refractivity contribution in [2.24, 2.45) is 0 Å². The molecule has 2 aromatic carbocycles. The Balaban J connectivity index is 1.77. The van der Waals surface area contributed by atoms with Gasteiger partial charge < -0.3 is 14.6 Å². The second kappa shape index (κ2) is 8.18. The summed E-state index contributed by atoms with van der Waals surface area (Å²) in [6.07, 6.45) is 1.62. The van der Waals surface area contributed by atoms with Crippen molar-refractivity contribution in [1.82, 2.24) is 4.90 Å². The normalized spacial score (nSPS) is 15.2. The van der Waals surface area contributed by atoms with E-state index in [-0.39, 0.29) is 23.3 Å². The van der Waals surface area contributed by atoms with Gasteiger partial charge >= 0.3 is 5.97 Å². The number of carboxylic acid groups (broad SMARTS) is 1. The first kappa shape index (κ1) is 19.5. The van der Waals surface area contributed by atoms with Crippen LogP contribution in [0.15, 0.2) is 47.4 Å². The van der Waals surface area contributed by atoms with Gasteiger partial charge in [0.15, 0.2) is 11.5 Å². The van der Waals surface area contributed by atoms with Crippen LogP contribution in [0.5, 0.6) is 11.5 Å². The van der Waals surface area contributed by atoms with Crippen LogP contribution in [0.1, 0.15) is 21.5 Å². The molecule has 1 heterocycles. The number of ether oxygens (including phenoxy) is 2. The summed E-state index contributed by atoms with van der Waals surface area (Å²) in [5.74, 6) is -0.407. The summed E-state index contributed by atoms with van der Waals surface area (Å²) in [7, 11) is 2.94. The third-order valence-corrected chi connectivity index (χ3v) is 5.00. The Morgan fingerprint density at radius 3 is 2.61 bits per heavy atom. The van der Waals surface area contributed by atoms with Crippen LogP contribution in [0.3, 0.4) is 0 Å². The number of carboxylic acids is 1. The van der Waals surface area contributed by atoms with Gasteiger partial charge in [0.05, 0.1) is 17.6 Å².